The van der Waals surface area contributed by atoms with Crippen LogP contribution in [0, 0.1) is 17.8 Å². The van der Waals surface area contributed by atoms with Crippen molar-refractivity contribution in [2.45, 2.75) is 55.8 Å². The fourth-order valence-electron chi connectivity index (χ4n) is 6.22. The van der Waals surface area contributed by atoms with Crippen LogP contribution in [0.4, 0.5) is 5.69 Å². The molecule has 4 aliphatic carbocycles. The highest BCUT2D eigenvalue weighted by Gasteiger charge is 2.53. The van der Waals surface area contributed by atoms with E-state index in [1.165, 1.54) is 38.5 Å². The molecule has 2 aromatic rings. The van der Waals surface area contributed by atoms with E-state index in [-0.39, 0.29) is 11.3 Å². The Morgan fingerprint density at radius 3 is 2.46 bits per heavy atom. The zero-order valence-electron chi connectivity index (χ0n) is 16.2. The van der Waals surface area contributed by atoms with Gasteiger partial charge in [-0.1, -0.05) is 18.5 Å². The van der Waals surface area contributed by atoms with Crippen LogP contribution in [-0.4, -0.2) is 11.7 Å². The highest BCUT2D eigenvalue weighted by molar-refractivity contribution is 7.99. The zero-order chi connectivity index (χ0) is 19.3. The first-order valence-corrected chi connectivity index (χ1v) is 11.7. The van der Waals surface area contributed by atoms with Crippen LogP contribution in [0.15, 0.2) is 39.6 Å². The quantitative estimate of drug-likeness (QED) is 0.548. The maximum Gasteiger partial charge on any atom is 0.291 e. The Hall–Kier alpha value is -1.39. The molecule has 28 heavy (non-hydrogen) atoms. The second kappa shape index (κ2) is 7.14. The lowest BCUT2D eigenvalue weighted by molar-refractivity contribution is -0.0154. The smallest absolute Gasteiger partial charge is 0.291 e. The van der Waals surface area contributed by atoms with Crippen molar-refractivity contribution in [3.8, 4) is 0 Å². The first-order chi connectivity index (χ1) is 13.5. The normalized spacial score (nSPS) is 30.6. The summed E-state index contributed by atoms with van der Waals surface area (Å²) in [6, 6.07) is 9.52. The maximum absolute atomic E-state index is 12.9. The van der Waals surface area contributed by atoms with Crippen molar-refractivity contribution in [1.29, 1.82) is 0 Å². The van der Waals surface area contributed by atoms with Gasteiger partial charge < -0.3 is 9.73 Å². The van der Waals surface area contributed by atoms with Crippen molar-refractivity contribution >= 4 is 35.0 Å². The number of carbonyl (C=O) groups is 1. The van der Waals surface area contributed by atoms with Gasteiger partial charge in [0.1, 0.15) is 5.76 Å². The van der Waals surface area contributed by atoms with Crippen LogP contribution < -0.4 is 5.32 Å². The molecule has 6 rings (SSSR count). The molecular weight excluding hydrogens is 390 g/mol. The van der Waals surface area contributed by atoms with E-state index in [9.17, 15) is 4.79 Å². The molecule has 0 aliphatic heterocycles. The zero-order valence-corrected chi connectivity index (χ0v) is 17.7. The minimum absolute atomic E-state index is 0.173. The Morgan fingerprint density at radius 2 is 1.82 bits per heavy atom. The summed E-state index contributed by atoms with van der Waals surface area (Å²) >= 11 is 7.83. The maximum atomic E-state index is 12.9. The predicted molar refractivity (Wildman–Crippen MR) is 114 cm³/mol. The first kappa shape index (κ1) is 18.6. The summed E-state index contributed by atoms with van der Waals surface area (Å²) in [6.07, 6.45) is 7.91. The molecule has 4 saturated carbocycles. The van der Waals surface area contributed by atoms with Crippen LogP contribution in [0.25, 0.3) is 0 Å². The van der Waals surface area contributed by atoms with Gasteiger partial charge in [0.25, 0.3) is 5.91 Å². The summed E-state index contributed by atoms with van der Waals surface area (Å²) < 4.78 is 6.18. The Labute approximate surface area is 175 Å². The fraction of sp³-hybridized carbons (Fsp3) is 0.522. The molecule has 1 amide bonds. The standard InChI is InChI=1S/C23H26ClNO2S/c1-2-28-20-5-3-17(24)10-18(20)25-22(26)19-4-6-21(27-19)23-11-14-7-15(12-23)9-16(8-14)13-23/h3-6,10,14-16H,2,7-9,11-13H2,1H3,(H,25,26). The van der Waals surface area contributed by atoms with Crippen molar-refractivity contribution in [2.75, 3.05) is 11.1 Å². The molecule has 1 aromatic heterocycles. The summed E-state index contributed by atoms with van der Waals surface area (Å²) in [5.41, 5.74) is 0.920. The fourth-order valence-corrected chi connectivity index (χ4v) is 7.14. The lowest BCUT2D eigenvalue weighted by atomic mass is 9.49. The van der Waals surface area contributed by atoms with Gasteiger partial charge in [-0.2, -0.15) is 0 Å². The number of nitrogens with one attached hydrogen (secondary N) is 1. The van der Waals surface area contributed by atoms with Gasteiger partial charge in [-0.15, -0.1) is 11.8 Å². The van der Waals surface area contributed by atoms with Crippen molar-refractivity contribution in [2.24, 2.45) is 17.8 Å². The molecule has 0 saturated heterocycles. The molecule has 1 N–H and O–H groups in total. The van der Waals surface area contributed by atoms with Crippen molar-refractivity contribution in [3.63, 3.8) is 0 Å². The van der Waals surface area contributed by atoms with Crippen molar-refractivity contribution in [3.05, 3.63) is 46.9 Å². The predicted octanol–water partition coefficient (Wildman–Crippen LogP) is 6.77. The van der Waals surface area contributed by atoms with E-state index in [4.69, 9.17) is 16.0 Å². The van der Waals surface area contributed by atoms with Gasteiger partial charge in [0.05, 0.1) is 5.69 Å². The number of rotatable bonds is 5. The van der Waals surface area contributed by atoms with Crippen LogP contribution in [0.5, 0.6) is 0 Å². The van der Waals surface area contributed by atoms with Gasteiger partial charge in [-0.3, -0.25) is 4.79 Å². The minimum atomic E-state index is -0.198. The van der Waals surface area contributed by atoms with Crippen LogP contribution in [0.3, 0.4) is 0 Å². The van der Waals surface area contributed by atoms with E-state index in [2.05, 4.69) is 18.3 Å². The number of carbonyl (C=O) groups excluding carboxylic acids is 1. The Morgan fingerprint density at radius 1 is 1.14 bits per heavy atom. The topological polar surface area (TPSA) is 42.2 Å². The van der Waals surface area contributed by atoms with Crippen LogP contribution in [0.2, 0.25) is 5.02 Å². The van der Waals surface area contributed by atoms with Crippen LogP contribution >= 0.6 is 23.4 Å². The minimum Gasteiger partial charge on any atom is -0.455 e. The average molecular weight is 416 g/mol. The molecule has 4 aliphatic rings. The molecule has 0 unspecified atom stereocenters. The molecule has 5 heteroatoms. The molecule has 3 nitrogen and oxygen atoms in total. The van der Waals surface area contributed by atoms with E-state index in [0.717, 1.165) is 39.8 Å². The lowest BCUT2D eigenvalue weighted by Crippen LogP contribution is -2.48. The average Bonchev–Trinajstić information content (AvgIpc) is 3.14. The van der Waals surface area contributed by atoms with Crippen LogP contribution in [0.1, 0.15) is 61.8 Å². The third-order valence-corrected chi connectivity index (χ3v) is 8.07. The second-order valence-electron chi connectivity index (χ2n) is 8.89. The molecule has 148 valence electrons. The van der Waals surface area contributed by atoms with Gasteiger partial charge in [0, 0.05) is 15.3 Å². The largest absolute Gasteiger partial charge is 0.455 e. The lowest BCUT2D eigenvalue weighted by Gasteiger charge is -2.55. The highest BCUT2D eigenvalue weighted by Crippen LogP contribution is 2.60. The first-order valence-electron chi connectivity index (χ1n) is 10.4. The van der Waals surface area contributed by atoms with Gasteiger partial charge in [-0.25, -0.2) is 0 Å². The molecule has 1 heterocycles. The number of hydrogen-bond donors (Lipinski definition) is 1. The molecule has 0 spiro atoms. The number of furan rings is 1. The monoisotopic (exact) mass is 415 g/mol. The van der Waals surface area contributed by atoms with E-state index < -0.39 is 0 Å². The molecule has 1 aromatic carbocycles. The van der Waals surface area contributed by atoms with Gasteiger partial charge in [0.15, 0.2) is 5.76 Å². The van der Waals surface area contributed by atoms with Gasteiger partial charge in [-0.05, 0) is 92.4 Å². The number of benzene rings is 1. The van der Waals surface area contributed by atoms with E-state index in [0.29, 0.717) is 10.8 Å². The van der Waals surface area contributed by atoms with E-state index >= 15 is 0 Å². The summed E-state index contributed by atoms with van der Waals surface area (Å²) in [7, 11) is 0. The summed E-state index contributed by atoms with van der Waals surface area (Å²) in [5.74, 6) is 4.73. The van der Waals surface area contributed by atoms with E-state index in [1.54, 1.807) is 17.8 Å². The second-order valence-corrected chi connectivity index (χ2v) is 10.6. The van der Waals surface area contributed by atoms with Crippen molar-refractivity contribution in [1.82, 2.24) is 0 Å². The Bertz CT molecular complexity index is 870. The van der Waals surface area contributed by atoms with Gasteiger partial charge >= 0.3 is 0 Å². The summed E-state index contributed by atoms with van der Waals surface area (Å²) in [6.45, 7) is 2.09. The molecule has 0 atom stereocenters. The molecular formula is C23H26ClNO2S. The number of anilines is 1. The van der Waals surface area contributed by atoms with Gasteiger partial charge in [0.2, 0.25) is 0 Å². The summed E-state index contributed by atoms with van der Waals surface area (Å²) in [4.78, 5) is 13.9. The number of hydrogen-bond acceptors (Lipinski definition) is 3. The number of amides is 1. The number of thioether (sulfide) groups is 1. The highest BCUT2D eigenvalue weighted by atomic mass is 35.5. The molecule has 0 radical (unpaired) electrons. The SMILES string of the molecule is CCSc1ccc(Cl)cc1NC(=O)c1ccc(C23CC4CC(CC(C4)C2)C3)o1. The Balaban J connectivity index is 1.37. The van der Waals surface area contributed by atoms with E-state index in [1.807, 2.05) is 18.2 Å². The van der Waals surface area contributed by atoms with Crippen molar-refractivity contribution < 1.29 is 9.21 Å². The Kier molecular flexibility index (Phi) is 4.75. The molecule has 4 fully saturated rings. The van der Waals surface area contributed by atoms with Crippen LogP contribution in [-0.2, 0) is 5.41 Å². The third-order valence-electron chi connectivity index (χ3n) is 6.88. The molecule has 4 bridgehead atoms. The third kappa shape index (κ3) is 3.29. The number of halogens is 1. The summed E-state index contributed by atoms with van der Waals surface area (Å²) in [5, 5.41) is 3.62.